The second-order valence-electron chi connectivity index (χ2n) is 8.30. The quantitative estimate of drug-likeness (QED) is 0.397. The SMILES string of the molecule is COc1cncnc1N1CCN(CCCc2c[nH]c3ccc(Nc4cc(=O)c4=O)cc23)CC1. The molecular weight excluding hydrogens is 420 g/mol. The molecule has 9 heteroatoms. The van der Waals surface area contributed by atoms with Crippen LogP contribution < -0.4 is 25.8 Å². The van der Waals surface area contributed by atoms with Gasteiger partial charge in [-0.2, -0.15) is 0 Å². The van der Waals surface area contributed by atoms with E-state index in [0.29, 0.717) is 11.4 Å². The number of benzene rings is 1. The molecule has 1 saturated heterocycles. The van der Waals surface area contributed by atoms with Gasteiger partial charge >= 0.3 is 0 Å². The zero-order valence-electron chi connectivity index (χ0n) is 18.5. The minimum atomic E-state index is -0.456. The fourth-order valence-electron chi connectivity index (χ4n) is 4.40. The Kier molecular flexibility index (Phi) is 5.78. The molecule has 4 aromatic rings. The van der Waals surface area contributed by atoms with E-state index in [9.17, 15) is 9.59 Å². The highest BCUT2D eigenvalue weighted by molar-refractivity contribution is 5.87. The van der Waals surface area contributed by atoms with E-state index in [0.717, 1.165) is 68.0 Å². The number of hydrogen-bond donors (Lipinski definition) is 2. The molecule has 2 aromatic carbocycles. The number of aromatic amines is 1. The molecular formula is C24H26N6O3. The third-order valence-corrected chi connectivity index (χ3v) is 6.26. The molecule has 0 spiro atoms. The summed E-state index contributed by atoms with van der Waals surface area (Å²) in [5, 5.41) is 4.19. The van der Waals surface area contributed by atoms with E-state index in [4.69, 9.17) is 4.74 Å². The molecule has 2 aromatic heterocycles. The highest BCUT2D eigenvalue weighted by Crippen LogP contribution is 2.26. The fraction of sp³-hybridized carbons (Fsp3) is 0.333. The Labute approximate surface area is 190 Å². The topological polar surface area (TPSA) is 103 Å². The molecule has 0 bridgehead atoms. The maximum Gasteiger partial charge on any atom is 0.249 e. The number of rotatable bonds is 8. The van der Waals surface area contributed by atoms with E-state index in [1.165, 1.54) is 11.6 Å². The van der Waals surface area contributed by atoms with Crippen molar-refractivity contribution < 1.29 is 4.74 Å². The van der Waals surface area contributed by atoms with Crippen molar-refractivity contribution in [3.05, 3.63) is 69.0 Å². The largest absolute Gasteiger partial charge is 0.491 e. The van der Waals surface area contributed by atoms with Crippen molar-refractivity contribution in [3.8, 4) is 5.75 Å². The number of aryl methyl sites for hydroxylation is 1. The summed E-state index contributed by atoms with van der Waals surface area (Å²) in [5.74, 6) is 1.57. The van der Waals surface area contributed by atoms with Crippen LogP contribution in [0, 0.1) is 0 Å². The molecule has 170 valence electrons. The minimum Gasteiger partial charge on any atom is -0.491 e. The van der Waals surface area contributed by atoms with Crippen molar-refractivity contribution >= 4 is 28.1 Å². The lowest BCUT2D eigenvalue weighted by Gasteiger charge is -2.35. The van der Waals surface area contributed by atoms with Gasteiger partial charge in [0, 0.05) is 55.0 Å². The molecule has 0 radical (unpaired) electrons. The van der Waals surface area contributed by atoms with Gasteiger partial charge in [-0.05, 0) is 43.1 Å². The molecule has 0 atom stereocenters. The number of aromatic nitrogens is 3. The van der Waals surface area contributed by atoms with Gasteiger partial charge in [-0.25, -0.2) is 9.97 Å². The first-order chi connectivity index (χ1) is 16.1. The monoisotopic (exact) mass is 446 g/mol. The molecule has 0 amide bonds. The lowest BCUT2D eigenvalue weighted by atomic mass is 10.1. The summed E-state index contributed by atoms with van der Waals surface area (Å²) in [6, 6.07) is 7.27. The van der Waals surface area contributed by atoms with E-state index in [-0.39, 0.29) is 0 Å². The first-order valence-electron chi connectivity index (χ1n) is 11.1. The van der Waals surface area contributed by atoms with Gasteiger partial charge in [-0.3, -0.25) is 14.5 Å². The van der Waals surface area contributed by atoms with Gasteiger partial charge in [0.05, 0.1) is 19.0 Å². The maximum absolute atomic E-state index is 11.6. The van der Waals surface area contributed by atoms with Crippen LogP contribution in [0.15, 0.2) is 52.6 Å². The van der Waals surface area contributed by atoms with Gasteiger partial charge in [0.15, 0.2) is 11.6 Å². The van der Waals surface area contributed by atoms with Crippen LogP contribution in [0.3, 0.4) is 0 Å². The van der Waals surface area contributed by atoms with Crippen LogP contribution in [0.2, 0.25) is 0 Å². The second kappa shape index (κ2) is 9.03. The Hall–Kier alpha value is -3.72. The Balaban J connectivity index is 1.16. The van der Waals surface area contributed by atoms with Crippen LogP contribution in [0.5, 0.6) is 5.75 Å². The highest BCUT2D eigenvalue weighted by atomic mass is 16.5. The molecule has 0 saturated carbocycles. The number of nitrogens with zero attached hydrogens (tertiary/aromatic N) is 4. The number of methoxy groups -OCH3 is 1. The van der Waals surface area contributed by atoms with Crippen LogP contribution in [0.1, 0.15) is 12.0 Å². The Morgan fingerprint density at radius 2 is 2.00 bits per heavy atom. The second-order valence-corrected chi connectivity index (χ2v) is 8.30. The van der Waals surface area contributed by atoms with Crippen molar-refractivity contribution in [2.75, 3.05) is 50.1 Å². The Morgan fingerprint density at radius 1 is 1.15 bits per heavy atom. The Morgan fingerprint density at radius 3 is 2.76 bits per heavy atom. The van der Waals surface area contributed by atoms with Crippen molar-refractivity contribution in [3.63, 3.8) is 0 Å². The summed E-state index contributed by atoms with van der Waals surface area (Å²) in [6.45, 7) is 4.82. The molecule has 1 fully saturated rings. The number of anilines is 3. The molecule has 1 aliphatic heterocycles. The van der Waals surface area contributed by atoms with Crippen molar-refractivity contribution in [1.29, 1.82) is 0 Å². The van der Waals surface area contributed by atoms with Gasteiger partial charge in [0.25, 0.3) is 0 Å². The summed E-state index contributed by atoms with van der Waals surface area (Å²) < 4.78 is 5.39. The lowest BCUT2D eigenvalue weighted by Crippen LogP contribution is -2.47. The number of piperazine rings is 1. The van der Waals surface area contributed by atoms with Crippen LogP contribution in [0.4, 0.5) is 17.2 Å². The number of nitrogens with one attached hydrogen (secondary N) is 2. The molecule has 1 aliphatic rings. The molecule has 33 heavy (non-hydrogen) atoms. The summed E-state index contributed by atoms with van der Waals surface area (Å²) in [6.07, 6.45) is 7.35. The average Bonchev–Trinajstić information content (AvgIpc) is 3.26. The fourth-order valence-corrected chi connectivity index (χ4v) is 4.40. The van der Waals surface area contributed by atoms with E-state index >= 15 is 0 Å². The van der Waals surface area contributed by atoms with Crippen LogP contribution in [0.25, 0.3) is 10.9 Å². The summed E-state index contributed by atoms with van der Waals surface area (Å²) in [4.78, 5) is 39.2. The predicted molar refractivity (Wildman–Crippen MR) is 128 cm³/mol. The minimum absolute atomic E-state index is 0.357. The lowest BCUT2D eigenvalue weighted by molar-refractivity contribution is 0.253. The summed E-state index contributed by atoms with van der Waals surface area (Å²) in [7, 11) is 1.65. The van der Waals surface area contributed by atoms with Crippen molar-refractivity contribution in [2.45, 2.75) is 12.8 Å². The molecule has 0 unspecified atom stereocenters. The van der Waals surface area contributed by atoms with Crippen molar-refractivity contribution in [1.82, 2.24) is 19.9 Å². The van der Waals surface area contributed by atoms with Crippen LogP contribution in [-0.4, -0.2) is 59.7 Å². The van der Waals surface area contributed by atoms with E-state index in [1.807, 2.05) is 18.2 Å². The third-order valence-electron chi connectivity index (χ3n) is 6.26. The number of hydrogen-bond acceptors (Lipinski definition) is 8. The Bertz CT molecular complexity index is 1330. The molecule has 3 heterocycles. The predicted octanol–water partition coefficient (Wildman–Crippen LogP) is 2.06. The van der Waals surface area contributed by atoms with E-state index < -0.39 is 10.9 Å². The van der Waals surface area contributed by atoms with Gasteiger partial charge in [0.2, 0.25) is 10.9 Å². The summed E-state index contributed by atoms with van der Waals surface area (Å²) in [5.41, 5.74) is 2.58. The standard InChI is InChI=1S/C24H26N6O3/c1-33-22-14-25-15-27-24(22)30-9-7-29(8-10-30)6-2-3-16-13-26-19-5-4-17(11-18(16)19)28-20-12-21(31)23(20)32/h4-5,11-15,26,28H,2-3,6-10H2,1H3. The smallest absolute Gasteiger partial charge is 0.249 e. The zero-order valence-corrected chi connectivity index (χ0v) is 18.5. The van der Waals surface area contributed by atoms with Crippen molar-refractivity contribution in [2.24, 2.45) is 0 Å². The number of H-pyrrole nitrogens is 1. The first-order valence-corrected chi connectivity index (χ1v) is 11.1. The van der Waals surface area contributed by atoms with Gasteiger partial charge < -0.3 is 19.9 Å². The maximum atomic E-state index is 11.6. The van der Waals surface area contributed by atoms with Crippen LogP contribution in [-0.2, 0) is 6.42 Å². The average molecular weight is 447 g/mol. The number of ether oxygens (including phenoxy) is 1. The summed E-state index contributed by atoms with van der Waals surface area (Å²) >= 11 is 0. The molecule has 0 aliphatic carbocycles. The van der Waals surface area contributed by atoms with E-state index in [1.54, 1.807) is 19.6 Å². The third kappa shape index (κ3) is 4.31. The molecule has 2 N–H and O–H groups in total. The first kappa shape index (κ1) is 21.1. The zero-order chi connectivity index (χ0) is 22.8. The normalized spacial score (nSPS) is 14.8. The molecule has 9 nitrogen and oxygen atoms in total. The van der Waals surface area contributed by atoms with E-state index in [2.05, 4.69) is 36.3 Å². The highest BCUT2D eigenvalue weighted by Gasteiger charge is 2.20. The van der Waals surface area contributed by atoms with Gasteiger partial charge in [-0.1, -0.05) is 0 Å². The van der Waals surface area contributed by atoms with Crippen LogP contribution >= 0.6 is 0 Å². The van der Waals surface area contributed by atoms with Gasteiger partial charge in [0.1, 0.15) is 6.33 Å². The number of fused-ring (bicyclic) bond motifs is 1. The molecule has 5 rings (SSSR count). The van der Waals surface area contributed by atoms with Gasteiger partial charge in [-0.15, -0.1) is 0 Å².